The Bertz CT molecular complexity index is 657. The first kappa shape index (κ1) is 17.4. The van der Waals surface area contributed by atoms with E-state index >= 15 is 0 Å². The van der Waals surface area contributed by atoms with Crippen molar-refractivity contribution in [1.29, 1.82) is 0 Å². The summed E-state index contributed by atoms with van der Waals surface area (Å²) < 4.78 is 5.53. The van der Waals surface area contributed by atoms with Crippen LogP contribution in [0.1, 0.15) is 38.8 Å². The van der Waals surface area contributed by atoms with Gasteiger partial charge in [0.25, 0.3) is 0 Å². The van der Waals surface area contributed by atoms with Gasteiger partial charge in [-0.3, -0.25) is 9.59 Å². The average Bonchev–Trinajstić information content (AvgIpc) is 2.43. The van der Waals surface area contributed by atoms with Crippen LogP contribution >= 0.6 is 0 Å². The second-order valence-electron chi connectivity index (χ2n) is 6.86. The number of amides is 1. The Hall–Kier alpha value is -1.98. The third-order valence-corrected chi connectivity index (χ3v) is 3.57. The molecule has 1 aliphatic rings. The van der Waals surface area contributed by atoms with Crippen molar-refractivity contribution in [3.8, 4) is 0 Å². The van der Waals surface area contributed by atoms with Crippen LogP contribution in [0.4, 0.5) is 5.69 Å². The molecule has 1 atom stereocenters. The molecule has 3 N–H and O–H groups in total. The molecule has 0 radical (unpaired) electrons. The molecule has 124 valence electrons. The van der Waals surface area contributed by atoms with Gasteiger partial charge in [-0.1, -0.05) is 6.07 Å². The summed E-state index contributed by atoms with van der Waals surface area (Å²) in [7, 11) is 0. The second-order valence-corrected chi connectivity index (χ2v) is 6.86. The van der Waals surface area contributed by atoms with Crippen molar-refractivity contribution in [2.24, 2.45) is 5.73 Å². The van der Waals surface area contributed by atoms with Gasteiger partial charge in [0.1, 0.15) is 6.04 Å². The van der Waals surface area contributed by atoms with Crippen molar-refractivity contribution in [1.82, 2.24) is 0 Å². The van der Waals surface area contributed by atoms with Crippen molar-refractivity contribution in [2.45, 2.75) is 45.8 Å². The zero-order valence-electron chi connectivity index (χ0n) is 14.1. The third kappa shape index (κ3) is 4.74. The van der Waals surface area contributed by atoms with Gasteiger partial charge in [-0.15, -0.1) is 0 Å². The summed E-state index contributed by atoms with van der Waals surface area (Å²) in [4.78, 5) is 23.8. The number of carbonyl (C=O) groups excluding carboxylic acids is 2. The van der Waals surface area contributed by atoms with E-state index in [0.717, 1.165) is 16.7 Å². The zero-order chi connectivity index (χ0) is 17.2. The number of benzene rings is 1. The molecule has 1 aromatic carbocycles. The van der Waals surface area contributed by atoms with Crippen molar-refractivity contribution in [3.63, 3.8) is 0 Å². The van der Waals surface area contributed by atoms with Crippen LogP contribution in [0.2, 0.25) is 0 Å². The summed E-state index contributed by atoms with van der Waals surface area (Å²) >= 11 is 0. The summed E-state index contributed by atoms with van der Waals surface area (Å²) in [5.41, 5.74) is 9.07. The average molecular weight is 316 g/mol. The van der Waals surface area contributed by atoms with Gasteiger partial charge in [-0.05, 0) is 62.6 Å². The lowest BCUT2D eigenvalue weighted by atomic mass is 9.90. The second kappa shape index (κ2) is 6.64. The molecule has 0 aliphatic heterocycles. The number of carbonyl (C=O) groups is 2. The fraction of sp³-hybridized carbons (Fsp3) is 0.444. The van der Waals surface area contributed by atoms with E-state index in [0.29, 0.717) is 12.1 Å². The lowest BCUT2D eigenvalue weighted by Gasteiger charge is -2.22. The minimum atomic E-state index is -0.742. The Morgan fingerprint density at radius 2 is 2.09 bits per heavy atom. The molecule has 0 fully saturated rings. The highest BCUT2D eigenvalue weighted by Gasteiger charge is 2.20. The van der Waals surface area contributed by atoms with Crippen LogP contribution in [0.5, 0.6) is 0 Å². The summed E-state index contributed by atoms with van der Waals surface area (Å²) in [6, 6.07) is 4.83. The fourth-order valence-corrected chi connectivity index (χ4v) is 2.41. The molecule has 0 heterocycles. The third-order valence-electron chi connectivity index (χ3n) is 3.57. The number of anilines is 1. The number of nitrogens with one attached hydrogen (secondary N) is 1. The van der Waals surface area contributed by atoms with E-state index in [2.05, 4.69) is 5.32 Å². The Morgan fingerprint density at radius 1 is 1.39 bits per heavy atom. The molecule has 23 heavy (non-hydrogen) atoms. The molecule has 0 aromatic heterocycles. The number of ketones is 1. The number of rotatable bonds is 4. The maximum atomic E-state index is 12.1. The first-order chi connectivity index (χ1) is 10.7. The van der Waals surface area contributed by atoms with E-state index in [1.807, 2.05) is 45.9 Å². The number of nitrogens with two attached hydrogens (primary N) is 1. The van der Waals surface area contributed by atoms with E-state index in [4.69, 9.17) is 10.5 Å². The van der Waals surface area contributed by atoms with Gasteiger partial charge in [-0.2, -0.15) is 0 Å². The molecular weight excluding hydrogens is 292 g/mol. The molecule has 2 rings (SSSR count). The fourth-order valence-electron chi connectivity index (χ4n) is 2.41. The standard InChI is InChI=1S/C18H24N2O3/c1-11-7-14(21)9-12-8-13(5-6-15(11)12)20-17(22)16(19)10-23-18(2,3)4/h5-8,16H,9-10,19H2,1-4H3,(H,20,22). The van der Waals surface area contributed by atoms with Crippen LogP contribution in [-0.4, -0.2) is 29.9 Å². The summed E-state index contributed by atoms with van der Waals surface area (Å²) in [6.45, 7) is 7.80. The summed E-state index contributed by atoms with van der Waals surface area (Å²) in [6.07, 6.45) is 2.01. The van der Waals surface area contributed by atoms with E-state index < -0.39 is 6.04 Å². The van der Waals surface area contributed by atoms with Crippen LogP contribution in [0, 0.1) is 0 Å². The Labute approximate surface area is 136 Å². The Morgan fingerprint density at radius 3 is 2.74 bits per heavy atom. The molecule has 0 spiro atoms. The molecule has 1 aliphatic carbocycles. The molecule has 0 saturated carbocycles. The molecule has 0 saturated heterocycles. The van der Waals surface area contributed by atoms with Gasteiger partial charge in [0.2, 0.25) is 5.91 Å². The van der Waals surface area contributed by atoms with Crippen LogP contribution in [0.25, 0.3) is 5.57 Å². The zero-order valence-corrected chi connectivity index (χ0v) is 14.1. The molecule has 5 heteroatoms. The van der Waals surface area contributed by atoms with Crippen LogP contribution in [-0.2, 0) is 20.7 Å². The number of ether oxygens (including phenoxy) is 1. The SMILES string of the molecule is CC1=CC(=O)Cc2cc(NC(=O)C(N)COC(C)(C)C)ccc21. The van der Waals surface area contributed by atoms with Crippen molar-refractivity contribution in [3.05, 3.63) is 35.4 Å². The molecule has 5 nitrogen and oxygen atoms in total. The number of fused-ring (bicyclic) bond motifs is 1. The van der Waals surface area contributed by atoms with E-state index in [1.165, 1.54) is 0 Å². The van der Waals surface area contributed by atoms with Gasteiger partial charge in [-0.25, -0.2) is 0 Å². The minimum absolute atomic E-state index is 0.0776. The van der Waals surface area contributed by atoms with Gasteiger partial charge in [0.15, 0.2) is 5.78 Å². The monoisotopic (exact) mass is 316 g/mol. The largest absolute Gasteiger partial charge is 0.374 e. The topological polar surface area (TPSA) is 81.4 Å². The maximum absolute atomic E-state index is 12.1. The van der Waals surface area contributed by atoms with E-state index in [9.17, 15) is 9.59 Å². The molecular formula is C18H24N2O3. The molecule has 0 bridgehead atoms. The normalized spacial score (nSPS) is 15.7. The predicted molar refractivity (Wildman–Crippen MR) is 91.1 cm³/mol. The number of hydrogen-bond acceptors (Lipinski definition) is 4. The number of hydrogen-bond donors (Lipinski definition) is 2. The summed E-state index contributed by atoms with van der Waals surface area (Å²) in [5, 5.41) is 2.78. The minimum Gasteiger partial charge on any atom is -0.374 e. The maximum Gasteiger partial charge on any atom is 0.243 e. The van der Waals surface area contributed by atoms with E-state index in [1.54, 1.807) is 6.08 Å². The quantitative estimate of drug-likeness (QED) is 0.893. The Kier molecular flexibility index (Phi) is 5.02. The first-order valence-electron chi connectivity index (χ1n) is 7.70. The van der Waals surface area contributed by atoms with Gasteiger partial charge >= 0.3 is 0 Å². The summed E-state index contributed by atoms with van der Waals surface area (Å²) in [5.74, 6) is -0.225. The highest BCUT2D eigenvalue weighted by Crippen LogP contribution is 2.27. The van der Waals surface area contributed by atoms with Crippen LogP contribution in [0.15, 0.2) is 24.3 Å². The highest BCUT2D eigenvalue weighted by atomic mass is 16.5. The number of allylic oxidation sites excluding steroid dienone is 2. The first-order valence-corrected chi connectivity index (χ1v) is 7.70. The van der Waals surface area contributed by atoms with E-state index in [-0.39, 0.29) is 23.9 Å². The lowest BCUT2D eigenvalue weighted by Crippen LogP contribution is -2.41. The van der Waals surface area contributed by atoms with Crippen molar-refractivity contribution in [2.75, 3.05) is 11.9 Å². The van der Waals surface area contributed by atoms with Crippen LogP contribution in [0.3, 0.4) is 0 Å². The molecule has 1 unspecified atom stereocenters. The molecule has 1 aromatic rings. The van der Waals surface area contributed by atoms with Gasteiger partial charge in [0, 0.05) is 12.1 Å². The van der Waals surface area contributed by atoms with Crippen LogP contribution < -0.4 is 11.1 Å². The smallest absolute Gasteiger partial charge is 0.243 e. The van der Waals surface area contributed by atoms with Crippen molar-refractivity contribution < 1.29 is 14.3 Å². The van der Waals surface area contributed by atoms with Gasteiger partial charge in [0.05, 0.1) is 12.2 Å². The van der Waals surface area contributed by atoms with Gasteiger partial charge < -0.3 is 15.8 Å². The molecule has 1 amide bonds. The predicted octanol–water partition coefficient (Wildman–Crippen LogP) is 2.30. The lowest BCUT2D eigenvalue weighted by molar-refractivity contribution is -0.120. The highest BCUT2D eigenvalue weighted by molar-refractivity contribution is 6.02. The van der Waals surface area contributed by atoms with Crippen molar-refractivity contribution >= 4 is 23.0 Å². The Balaban J connectivity index is 2.04.